The fourth-order valence-corrected chi connectivity index (χ4v) is 4.49. The molecule has 0 spiro atoms. The molecule has 30 heavy (non-hydrogen) atoms. The molecule has 4 aromatic rings. The monoisotopic (exact) mass is 431 g/mol. The Labute approximate surface area is 181 Å². The minimum atomic E-state index is -1.09. The maximum atomic E-state index is 11.4. The van der Waals surface area contributed by atoms with Crippen LogP contribution in [0.15, 0.2) is 94.9 Å². The lowest BCUT2D eigenvalue weighted by Gasteiger charge is -1.97. The number of hydrogen-bond acceptors (Lipinski definition) is 6. The molecule has 148 valence electrons. The van der Waals surface area contributed by atoms with Gasteiger partial charge in [0.25, 0.3) is 6.04 Å². The number of thiophene rings is 2. The van der Waals surface area contributed by atoms with Crippen LogP contribution in [0.2, 0.25) is 0 Å². The van der Waals surface area contributed by atoms with Crippen molar-refractivity contribution in [2.75, 3.05) is 0 Å². The van der Waals surface area contributed by atoms with Crippen LogP contribution in [0.1, 0.15) is 0 Å². The van der Waals surface area contributed by atoms with E-state index in [-0.39, 0.29) is 0 Å². The third-order valence-corrected chi connectivity index (χ3v) is 6.34. The first kappa shape index (κ1) is 19.9. The number of nitro groups is 1. The predicted molar refractivity (Wildman–Crippen MR) is 127 cm³/mol. The van der Waals surface area contributed by atoms with E-state index in [9.17, 15) is 10.1 Å². The molecule has 0 aliphatic heterocycles. The molecule has 0 aliphatic carbocycles. The van der Waals surface area contributed by atoms with Gasteiger partial charge in [-0.2, -0.15) is 0 Å². The van der Waals surface area contributed by atoms with Crippen molar-refractivity contribution in [1.82, 2.24) is 0 Å². The van der Waals surface area contributed by atoms with E-state index in [4.69, 9.17) is 0 Å². The second kappa shape index (κ2) is 9.39. The van der Waals surface area contributed by atoms with Crippen molar-refractivity contribution in [3.05, 3.63) is 95.0 Å². The van der Waals surface area contributed by atoms with Crippen LogP contribution in [-0.2, 0) is 0 Å². The van der Waals surface area contributed by atoms with Crippen molar-refractivity contribution in [3.63, 3.8) is 0 Å². The largest absolute Gasteiger partial charge is 0.283 e. The Balaban J connectivity index is 1.46. The van der Waals surface area contributed by atoms with E-state index in [1.807, 2.05) is 84.9 Å². The summed E-state index contributed by atoms with van der Waals surface area (Å²) in [5, 5.41) is 12.9. The average Bonchev–Trinajstić information content (AvgIpc) is 3.45. The summed E-state index contributed by atoms with van der Waals surface area (Å²) < 4.78 is 0. The Bertz CT molecular complexity index is 1090. The molecule has 0 fully saturated rings. The van der Waals surface area contributed by atoms with Gasteiger partial charge in [-0.05, 0) is 35.4 Å². The standard InChI is InChI=1S/C23H17N3O2S2/c27-26(28)19(15-24-22-13-11-20(29-22)17-7-3-1-4-8-17)16-25-23-14-12-21(30-23)18-9-5-2-6-10-18/h1-16,19H. The van der Waals surface area contributed by atoms with Gasteiger partial charge in [-0.3, -0.25) is 10.1 Å². The molecule has 7 heteroatoms. The average molecular weight is 432 g/mol. The van der Waals surface area contributed by atoms with E-state index in [0.29, 0.717) is 0 Å². The number of hydrogen-bond donors (Lipinski definition) is 0. The van der Waals surface area contributed by atoms with E-state index >= 15 is 0 Å². The lowest BCUT2D eigenvalue weighted by atomic mass is 10.2. The first-order valence-electron chi connectivity index (χ1n) is 9.21. The van der Waals surface area contributed by atoms with Crippen LogP contribution >= 0.6 is 22.7 Å². The summed E-state index contributed by atoms with van der Waals surface area (Å²) in [4.78, 5) is 21.8. The van der Waals surface area contributed by atoms with Crippen LogP contribution in [0.25, 0.3) is 20.9 Å². The zero-order valence-corrected chi connectivity index (χ0v) is 17.4. The normalized spacial score (nSPS) is 12.5. The second-order valence-electron chi connectivity index (χ2n) is 6.34. The van der Waals surface area contributed by atoms with Crippen LogP contribution in [0.3, 0.4) is 0 Å². The molecule has 0 radical (unpaired) electrons. The molecule has 4 rings (SSSR count). The Morgan fingerprint density at radius 2 is 1.13 bits per heavy atom. The third kappa shape index (κ3) is 4.94. The number of rotatable bonds is 7. The maximum absolute atomic E-state index is 11.4. The van der Waals surface area contributed by atoms with Crippen LogP contribution in [0.4, 0.5) is 10.0 Å². The molecule has 2 aromatic carbocycles. The molecule has 2 aromatic heterocycles. The van der Waals surface area contributed by atoms with Gasteiger partial charge in [-0.25, -0.2) is 9.98 Å². The summed E-state index contributed by atoms with van der Waals surface area (Å²) in [7, 11) is 0. The van der Waals surface area contributed by atoms with Gasteiger partial charge in [0.2, 0.25) is 0 Å². The summed E-state index contributed by atoms with van der Waals surface area (Å²) >= 11 is 2.98. The highest BCUT2D eigenvalue weighted by Crippen LogP contribution is 2.34. The topological polar surface area (TPSA) is 67.9 Å². The number of nitrogens with zero attached hydrogens (tertiary/aromatic N) is 3. The van der Waals surface area contributed by atoms with Gasteiger partial charge in [-0.1, -0.05) is 60.7 Å². The number of benzene rings is 2. The molecule has 0 N–H and O–H groups in total. The van der Waals surface area contributed by atoms with Gasteiger partial charge in [0.15, 0.2) is 0 Å². The summed E-state index contributed by atoms with van der Waals surface area (Å²) in [5.74, 6) is 0. The molecule has 5 nitrogen and oxygen atoms in total. The van der Waals surface area contributed by atoms with Crippen molar-refractivity contribution < 1.29 is 4.92 Å². The van der Waals surface area contributed by atoms with Gasteiger partial charge in [0.1, 0.15) is 10.0 Å². The fourth-order valence-electron chi connectivity index (χ4n) is 2.76. The van der Waals surface area contributed by atoms with Crippen LogP contribution in [0.5, 0.6) is 0 Å². The smallest absolute Gasteiger partial charge is 0.263 e. The maximum Gasteiger partial charge on any atom is 0.283 e. The van der Waals surface area contributed by atoms with Crippen molar-refractivity contribution in [2.45, 2.75) is 6.04 Å². The van der Waals surface area contributed by atoms with Crippen molar-refractivity contribution in [1.29, 1.82) is 0 Å². The zero-order chi connectivity index (χ0) is 20.8. The molecule has 0 saturated carbocycles. The Kier molecular flexibility index (Phi) is 6.22. The number of aliphatic imine (C=N–C) groups is 2. The third-order valence-electron chi connectivity index (χ3n) is 4.25. The predicted octanol–water partition coefficient (Wildman–Crippen LogP) is 6.89. The minimum Gasteiger partial charge on any atom is -0.263 e. The van der Waals surface area contributed by atoms with Crippen molar-refractivity contribution in [3.8, 4) is 20.9 Å². The van der Waals surface area contributed by atoms with E-state index in [1.54, 1.807) is 0 Å². The molecule has 0 atom stereocenters. The molecule has 0 unspecified atom stereocenters. The fraction of sp³-hybridized carbons (Fsp3) is 0.0435. The first-order valence-corrected chi connectivity index (χ1v) is 10.8. The molecule has 0 saturated heterocycles. The van der Waals surface area contributed by atoms with E-state index in [2.05, 4.69) is 9.98 Å². The molecule has 0 amide bonds. The highest BCUT2D eigenvalue weighted by molar-refractivity contribution is 7.19. The molecular formula is C23H17N3O2S2. The SMILES string of the molecule is O=[N+]([O-])C(C=Nc1ccc(-c2ccccc2)s1)C=Nc1ccc(-c2ccccc2)s1. The summed E-state index contributed by atoms with van der Waals surface area (Å²) in [6.45, 7) is 0. The van der Waals surface area contributed by atoms with E-state index in [0.717, 1.165) is 30.9 Å². The van der Waals surface area contributed by atoms with Crippen LogP contribution < -0.4 is 0 Å². The van der Waals surface area contributed by atoms with E-state index in [1.165, 1.54) is 35.1 Å². The second-order valence-corrected chi connectivity index (χ2v) is 8.46. The van der Waals surface area contributed by atoms with Crippen molar-refractivity contribution in [2.24, 2.45) is 9.98 Å². The Hall–Kier alpha value is -3.42. The lowest BCUT2D eigenvalue weighted by molar-refractivity contribution is -0.482. The molecular weight excluding hydrogens is 414 g/mol. The lowest BCUT2D eigenvalue weighted by Crippen LogP contribution is -2.22. The molecule has 2 heterocycles. The summed E-state index contributed by atoms with van der Waals surface area (Å²) in [6, 6.07) is 26.5. The Morgan fingerprint density at radius 3 is 1.53 bits per heavy atom. The quantitative estimate of drug-likeness (QED) is 0.181. The van der Waals surface area contributed by atoms with Crippen LogP contribution in [-0.4, -0.2) is 23.4 Å². The zero-order valence-electron chi connectivity index (χ0n) is 15.8. The van der Waals surface area contributed by atoms with Gasteiger partial charge >= 0.3 is 0 Å². The van der Waals surface area contributed by atoms with Crippen LogP contribution in [0, 0.1) is 10.1 Å². The highest BCUT2D eigenvalue weighted by Gasteiger charge is 2.14. The molecule has 0 bridgehead atoms. The minimum absolute atomic E-state index is 0.398. The van der Waals surface area contributed by atoms with E-state index < -0.39 is 11.0 Å². The van der Waals surface area contributed by atoms with Gasteiger partial charge in [-0.15, -0.1) is 22.7 Å². The summed E-state index contributed by atoms with van der Waals surface area (Å²) in [5.41, 5.74) is 2.20. The first-order chi connectivity index (χ1) is 14.7. The van der Waals surface area contributed by atoms with Gasteiger partial charge < -0.3 is 0 Å². The molecule has 0 aliphatic rings. The highest BCUT2D eigenvalue weighted by atomic mass is 32.1. The van der Waals surface area contributed by atoms with Gasteiger partial charge in [0.05, 0.1) is 12.4 Å². The summed E-state index contributed by atoms with van der Waals surface area (Å²) in [6.07, 6.45) is 2.66. The van der Waals surface area contributed by atoms with Gasteiger partial charge in [0, 0.05) is 14.7 Å². The van der Waals surface area contributed by atoms with Crippen molar-refractivity contribution >= 4 is 45.1 Å². The Morgan fingerprint density at radius 1 is 0.700 bits per heavy atom.